The summed E-state index contributed by atoms with van der Waals surface area (Å²) >= 11 is 0. The largest absolute Gasteiger partial charge is 0.494 e. The minimum atomic E-state index is -0.193. The predicted octanol–water partition coefficient (Wildman–Crippen LogP) is 4.10. The molecule has 2 amide bonds. The van der Waals surface area contributed by atoms with Gasteiger partial charge in [-0.2, -0.15) is 0 Å². The van der Waals surface area contributed by atoms with Gasteiger partial charge in [-0.1, -0.05) is 24.5 Å². The molecule has 24 heavy (non-hydrogen) atoms. The van der Waals surface area contributed by atoms with E-state index in [1.807, 2.05) is 24.3 Å². The summed E-state index contributed by atoms with van der Waals surface area (Å²) in [4.78, 5) is 26.9. The molecule has 1 aliphatic heterocycles. The fourth-order valence-corrected chi connectivity index (χ4v) is 3.53. The third-order valence-corrected chi connectivity index (χ3v) is 5.20. The maximum Gasteiger partial charge on any atom is 0.238 e. The zero-order valence-corrected chi connectivity index (χ0v) is 14.7. The molecule has 0 radical (unpaired) electrons. The van der Waals surface area contributed by atoms with Gasteiger partial charge < -0.3 is 4.74 Å². The molecule has 3 rings (SSSR count). The summed E-state index contributed by atoms with van der Waals surface area (Å²) in [5, 5.41) is 0. The molecule has 1 aliphatic carbocycles. The van der Waals surface area contributed by atoms with E-state index in [-0.39, 0.29) is 23.7 Å². The number of allylic oxidation sites excluding steroid dienone is 2. The van der Waals surface area contributed by atoms with E-state index in [4.69, 9.17) is 4.74 Å². The van der Waals surface area contributed by atoms with Crippen LogP contribution in [0.1, 0.15) is 46.5 Å². The first-order chi connectivity index (χ1) is 11.5. The van der Waals surface area contributed by atoms with Gasteiger partial charge in [-0.05, 0) is 57.4 Å². The van der Waals surface area contributed by atoms with E-state index in [9.17, 15) is 9.59 Å². The Labute approximate surface area is 143 Å². The van der Waals surface area contributed by atoms with Gasteiger partial charge in [0.05, 0.1) is 24.1 Å². The maximum absolute atomic E-state index is 12.7. The van der Waals surface area contributed by atoms with E-state index < -0.39 is 0 Å². The number of hydrogen-bond donors (Lipinski definition) is 0. The Balaban J connectivity index is 1.76. The SMILES string of the molecule is CCCCOc1ccc(N2C(=O)[C@@H]3CC(C)=C(C)C[C@H]3C2=O)cc1. The molecule has 1 fully saturated rings. The summed E-state index contributed by atoms with van der Waals surface area (Å²) < 4.78 is 5.65. The predicted molar refractivity (Wildman–Crippen MR) is 93.9 cm³/mol. The molecule has 2 atom stereocenters. The van der Waals surface area contributed by atoms with Gasteiger partial charge in [0.25, 0.3) is 0 Å². The first kappa shape index (κ1) is 16.7. The molecular formula is C20H25NO3. The van der Waals surface area contributed by atoms with Crippen LogP contribution in [0, 0.1) is 11.8 Å². The van der Waals surface area contributed by atoms with Crippen molar-refractivity contribution < 1.29 is 14.3 Å². The Morgan fingerprint density at radius 2 is 1.54 bits per heavy atom. The summed E-state index contributed by atoms with van der Waals surface area (Å²) in [6.45, 7) is 6.93. The topological polar surface area (TPSA) is 46.6 Å². The lowest BCUT2D eigenvalue weighted by molar-refractivity contribution is -0.122. The molecule has 2 aliphatic rings. The highest BCUT2D eigenvalue weighted by Gasteiger charge is 2.49. The first-order valence-corrected chi connectivity index (χ1v) is 8.78. The monoisotopic (exact) mass is 327 g/mol. The molecule has 1 saturated heterocycles. The van der Waals surface area contributed by atoms with Crippen LogP contribution in [0.4, 0.5) is 5.69 Å². The number of benzene rings is 1. The molecule has 0 bridgehead atoms. The Bertz CT molecular complexity index is 643. The second-order valence-corrected chi connectivity index (χ2v) is 6.89. The Morgan fingerprint density at radius 1 is 1.00 bits per heavy atom. The van der Waals surface area contributed by atoms with E-state index in [0.717, 1.165) is 18.6 Å². The zero-order chi connectivity index (χ0) is 17.3. The van der Waals surface area contributed by atoms with Crippen LogP contribution in [-0.2, 0) is 9.59 Å². The van der Waals surface area contributed by atoms with Gasteiger partial charge in [0.2, 0.25) is 11.8 Å². The van der Waals surface area contributed by atoms with Crippen molar-refractivity contribution in [2.75, 3.05) is 11.5 Å². The number of unbranched alkanes of at least 4 members (excludes halogenated alkanes) is 1. The first-order valence-electron chi connectivity index (χ1n) is 8.78. The number of hydrogen-bond acceptors (Lipinski definition) is 3. The maximum atomic E-state index is 12.7. The average Bonchev–Trinajstić information content (AvgIpc) is 2.80. The molecule has 0 N–H and O–H groups in total. The molecule has 128 valence electrons. The van der Waals surface area contributed by atoms with Crippen LogP contribution in [0.5, 0.6) is 5.75 Å². The van der Waals surface area contributed by atoms with Crippen LogP contribution >= 0.6 is 0 Å². The second-order valence-electron chi connectivity index (χ2n) is 6.89. The van der Waals surface area contributed by atoms with Gasteiger partial charge >= 0.3 is 0 Å². The number of carbonyl (C=O) groups excluding carboxylic acids is 2. The molecule has 1 aromatic carbocycles. The number of rotatable bonds is 5. The minimum Gasteiger partial charge on any atom is -0.494 e. The Morgan fingerprint density at radius 3 is 2.04 bits per heavy atom. The molecule has 0 saturated carbocycles. The molecular weight excluding hydrogens is 302 g/mol. The van der Waals surface area contributed by atoms with E-state index in [0.29, 0.717) is 25.1 Å². The van der Waals surface area contributed by atoms with Crippen molar-refractivity contribution >= 4 is 17.5 Å². The van der Waals surface area contributed by atoms with E-state index in [2.05, 4.69) is 20.8 Å². The summed E-state index contributed by atoms with van der Waals surface area (Å²) in [6.07, 6.45) is 3.51. The van der Waals surface area contributed by atoms with Crippen LogP contribution in [0.2, 0.25) is 0 Å². The van der Waals surface area contributed by atoms with Crippen LogP contribution < -0.4 is 9.64 Å². The number of imide groups is 1. The average molecular weight is 327 g/mol. The third kappa shape index (κ3) is 2.97. The van der Waals surface area contributed by atoms with Gasteiger partial charge in [-0.15, -0.1) is 0 Å². The summed E-state index contributed by atoms with van der Waals surface area (Å²) in [6, 6.07) is 7.29. The van der Waals surface area contributed by atoms with Crippen LogP contribution in [-0.4, -0.2) is 18.4 Å². The third-order valence-electron chi connectivity index (χ3n) is 5.20. The van der Waals surface area contributed by atoms with Crippen molar-refractivity contribution in [2.24, 2.45) is 11.8 Å². The number of nitrogens with zero attached hydrogens (tertiary/aromatic N) is 1. The lowest BCUT2D eigenvalue weighted by Gasteiger charge is -2.23. The molecule has 0 aromatic heterocycles. The van der Waals surface area contributed by atoms with Crippen molar-refractivity contribution in [1.29, 1.82) is 0 Å². The van der Waals surface area contributed by atoms with Gasteiger partial charge in [0.1, 0.15) is 5.75 Å². The van der Waals surface area contributed by atoms with Crippen LogP contribution in [0.15, 0.2) is 35.4 Å². The highest BCUT2D eigenvalue weighted by Crippen LogP contribution is 2.42. The summed E-state index contributed by atoms with van der Waals surface area (Å²) in [5.41, 5.74) is 3.15. The van der Waals surface area contributed by atoms with Crippen LogP contribution in [0.25, 0.3) is 0 Å². The molecule has 1 aromatic rings. The highest BCUT2D eigenvalue weighted by molar-refractivity contribution is 6.22. The highest BCUT2D eigenvalue weighted by atomic mass is 16.5. The number of fused-ring (bicyclic) bond motifs is 1. The molecule has 1 heterocycles. The standard InChI is InChI=1S/C20H25NO3/c1-4-5-10-24-16-8-6-15(7-9-16)21-19(22)17-11-13(2)14(3)12-18(17)20(21)23/h6-9,17-18H,4-5,10-12H2,1-3H3/t17-,18-/m1/s1. The quantitative estimate of drug-likeness (QED) is 0.465. The zero-order valence-electron chi connectivity index (χ0n) is 14.7. The summed E-state index contributed by atoms with van der Waals surface area (Å²) in [5.74, 6) is 0.272. The number of amides is 2. The number of carbonyl (C=O) groups is 2. The molecule has 0 unspecified atom stereocenters. The second kappa shape index (κ2) is 6.80. The fraction of sp³-hybridized carbons (Fsp3) is 0.500. The van der Waals surface area contributed by atoms with Gasteiger partial charge in [0.15, 0.2) is 0 Å². The number of anilines is 1. The minimum absolute atomic E-state index is 0.0588. The molecule has 4 heteroatoms. The van der Waals surface area contributed by atoms with Crippen molar-refractivity contribution in [3.63, 3.8) is 0 Å². The summed E-state index contributed by atoms with van der Waals surface area (Å²) in [7, 11) is 0. The lowest BCUT2D eigenvalue weighted by atomic mass is 9.78. The van der Waals surface area contributed by atoms with Crippen LogP contribution in [0.3, 0.4) is 0 Å². The van der Waals surface area contributed by atoms with Gasteiger partial charge in [0, 0.05) is 0 Å². The van der Waals surface area contributed by atoms with Crippen molar-refractivity contribution in [3.05, 3.63) is 35.4 Å². The lowest BCUT2D eigenvalue weighted by Crippen LogP contribution is -2.30. The van der Waals surface area contributed by atoms with Crippen molar-refractivity contribution in [1.82, 2.24) is 0 Å². The van der Waals surface area contributed by atoms with Gasteiger partial charge in [-0.3, -0.25) is 14.5 Å². The number of ether oxygens (including phenoxy) is 1. The van der Waals surface area contributed by atoms with E-state index in [1.54, 1.807) is 0 Å². The van der Waals surface area contributed by atoms with Crippen molar-refractivity contribution in [2.45, 2.75) is 46.5 Å². The normalized spacial score (nSPS) is 23.7. The fourth-order valence-electron chi connectivity index (χ4n) is 3.53. The Hall–Kier alpha value is -2.10. The van der Waals surface area contributed by atoms with Crippen molar-refractivity contribution in [3.8, 4) is 5.75 Å². The smallest absolute Gasteiger partial charge is 0.238 e. The van der Waals surface area contributed by atoms with E-state index in [1.165, 1.54) is 16.0 Å². The van der Waals surface area contributed by atoms with Gasteiger partial charge in [-0.25, -0.2) is 0 Å². The van der Waals surface area contributed by atoms with E-state index >= 15 is 0 Å². The molecule has 4 nitrogen and oxygen atoms in total. The Kier molecular flexibility index (Phi) is 4.74. The molecule has 0 spiro atoms.